The zero-order valence-electron chi connectivity index (χ0n) is 10.3. The van der Waals surface area contributed by atoms with Crippen LogP contribution in [0, 0.1) is 0 Å². The van der Waals surface area contributed by atoms with Gasteiger partial charge >= 0.3 is 5.97 Å². The summed E-state index contributed by atoms with van der Waals surface area (Å²) >= 11 is 1.78. The molecule has 0 aliphatic heterocycles. The van der Waals surface area contributed by atoms with Gasteiger partial charge in [-0.1, -0.05) is 18.2 Å². The summed E-state index contributed by atoms with van der Waals surface area (Å²) in [6.45, 7) is 1.38. The van der Waals surface area contributed by atoms with Crippen LogP contribution in [0.4, 0.5) is 0 Å². The molecule has 19 heavy (non-hydrogen) atoms. The lowest BCUT2D eigenvalue weighted by Gasteiger charge is -2.02. The van der Waals surface area contributed by atoms with Gasteiger partial charge in [0, 0.05) is 17.2 Å². The maximum absolute atomic E-state index is 10.7. The molecule has 0 aliphatic carbocycles. The largest absolute Gasteiger partial charge is 0.478 e. The smallest absolute Gasteiger partial charge is 0.338 e. The molecule has 0 radical (unpaired) electrons. The molecule has 2 N–H and O–H groups in total. The Labute approximate surface area is 115 Å². The zero-order chi connectivity index (χ0) is 13.5. The molecule has 0 saturated carbocycles. The normalized spacial score (nSPS) is 10.5. The van der Waals surface area contributed by atoms with Crippen LogP contribution in [-0.2, 0) is 6.54 Å². The summed E-state index contributed by atoms with van der Waals surface area (Å²) in [5.41, 5.74) is 0.190. The number of hydrogen-bond donors (Lipinski definition) is 2. The first-order valence-corrected chi connectivity index (χ1v) is 6.93. The maximum atomic E-state index is 10.7. The summed E-state index contributed by atoms with van der Waals surface area (Å²) in [6.07, 6.45) is 1.26. The van der Waals surface area contributed by atoms with E-state index in [1.165, 1.54) is 11.2 Å². The molecule has 1 aromatic carbocycles. The van der Waals surface area contributed by atoms with Gasteiger partial charge in [-0.25, -0.2) is 4.79 Å². The molecule has 5 heteroatoms. The van der Waals surface area contributed by atoms with Crippen molar-refractivity contribution in [3.05, 3.63) is 54.0 Å². The summed E-state index contributed by atoms with van der Waals surface area (Å²) in [5.74, 6) is 0.632. The Bertz CT molecular complexity index is 524. The molecule has 4 nitrogen and oxygen atoms in total. The van der Waals surface area contributed by atoms with E-state index < -0.39 is 5.97 Å². The average Bonchev–Trinajstić information content (AvgIpc) is 2.89. The van der Waals surface area contributed by atoms with Crippen LogP contribution in [-0.4, -0.2) is 23.4 Å². The summed E-state index contributed by atoms with van der Waals surface area (Å²) in [7, 11) is 0. The molecular weight excluding hydrogens is 262 g/mol. The Kier molecular flexibility index (Phi) is 5.06. The Balaban J connectivity index is 1.65. The van der Waals surface area contributed by atoms with E-state index in [-0.39, 0.29) is 5.56 Å². The first-order chi connectivity index (χ1) is 9.25. The Hall–Kier alpha value is -1.72. The molecule has 0 saturated heterocycles. The number of thioether (sulfide) groups is 1. The molecule has 0 amide bonds. The molecule has 100 valence electrons. The van der Waals surface area contributed by atoms with Gasteiger partial charge in [-0.2, -0.15) is 0 Å². The van der Waals surface area contributed by atoms with Crippen molar-refractivity contribution in [3.63, 3.8) is 0 Å². The molecule has 0 atom stereocenters. The van der Waals surface area contributed by atoms with Gasteiger partial charge in [0.15, 0.2) is 0 Å². The van der Waals surface area contributed by atoms with E-state index in [1.807, 2.05) is 18.2 Å². The summed E-state index contributed by atoms with van der Waals surface area (Å²) in [6, 6.07) is 11.7. The second-order valence-electron chi connectivity index (χ2n) is 3.95. The van der Waals surface area contributed by atoms with E-state index in [9.17, 15) is 4.79 Å². The fourth-order valence-corrected chi connectivity index (χ4v) is 2.39. The van der Waals surface area contributed by atoms with Crippen LogP contribution in [0.15, 0.2) is 52.0 Å². The second-order valence-corrected chi connectivity index (χ2v) is 5.11. The van der Waals surface area contributed by atoms with Crippen LogP contribution < -0.4 is 5.32 Å². The molecule has 0 spiro atoms. The quantitative estimate of drug-likeness (QED) is 0.602. The summed E-state index contributed by atoms with van der Waals surface area (Å²) < 4.78 is 5.14. The highest BCUT2D eigenvalue weighted by atomic mass is 32.2. The fraction of sp³-hybridized carbons (Fsp3) is 0.214. The monoisotopic (exact) mass is 277 g/mol. The number of carbonyl (C=O) groups is 1. The summed E-state index contributed by atoms with van der Waals surface area (Å²) in [4.78, 5) is 11.9. The minimum absolute atomic E-state index is 0.190. The molecular formula is C14H15NO3S. The Morgan fingerprint density at radius 2 is 2.11 bits per heavy atom. The van der Waals surface area contributed by atoms with Gasteiger partial charge in [-0.05, 0) is 18.2 Å². The molecule has 1 aromatic heterocycles. The molecule has 2 rings (SSSR count). The average molecular weight is 277 g/mol. The third-order valence-electron chi connectivity index (χ3n) is 2.49. The molecule has 0 fully saturated rings. The zero-order valence-corrected chi connectivity index (χ0v) is 11.2. The minimum Gasteiger partial charge on any atom is -0.478 e. The highest BCUT2D eigenvalue weighted by Crippen LogP contribution is 2.15. The molecule has 0 bridgehead atoms. The topological polar surface area (TPSA) is 62.5 Å². The number of hydrogen-bond acceptors (Lipinski definition) is 4. The lowest BCUT2D eigenvalue weighted by Crippen LogP contribution is -2.16. The van der Waals surface area contributed by atoms with Crippen LogP contribution >= 0.6 is 11.8 Å². The van der Waals surface area contributed by atoms with Crippen molar-refractivity contribution in [2.45, 2.75) is 11.4 Å². The van der Waals surface area contributed by atoms with Crippen molar-refractivity contribution in [2.24, 2.45) is 0 Å². The lowest BCUT2D eigenvalue weighted by molar-refractivity contribution is 0.0696. The van der Waals surface area contributed by atoms with E-state index in [1.54, 1.807) is 17.8 Å². The first-order valence-electron chi connectivity index (χ1n) is 5.95. The third kappa shape index (κ3) is 4.46. The summed E-state index contributed by atoms with van der Waals surface area (Å²) in [5, 5.41) is 12.0. The minimum atomic E-state index is -0.963. The lowest BCUT2D eigenvalue weighted by atomic mass is 10.3. The number of benzene rings is 1. The van der Waals surface area contributed by atoms with E-state index in [4.69, 9.17) is 9.52 Å². The number of aromatic carboxylic acids is 1. The van der Waals surface area contributed by atoms with Crippen molar-refractivity contribution < 1.29 is 14.3 Å². The van der Waals surface area contributed by atoms with Gasteiger partial charge in [0.1, 0.15) is 12.0 Å². The maximum Gasteiger partial charge on any atom is 0.338 e. The van der Waals surface area contributed by atoms with E-state index in [0.29, 0.717) is 12.3 Å². The standard InChI is InChI=1S/C14H15NO3S/c16-14(17)11-8-12(18-10-11)9-15-6-7-19-13-4-2-1-3-5-13/h1-5,8,10,15H,6-7,9H2,(H,16,17). The van der Waals surface area contributed by atoms with Gasteiger partial charge in [0.25, 0.3) is 0 Å². The van der Waals surface area contributed by atoms with Crippen molar-refractivity contribution in [1.29, 1.82) is 0 Å². The Morgan fingerprint density at radius 3 is 2.79 bits per heavy atom. The number of rotatable bonds is 7. The molecule has 0 unspecified atom stereocenters. The van der Waals surface area contributed by atoms with Crippen LogP contribution in [0.2, 0.25) is 0 Å². The number of furan rings is 1. The van der Waals surface area contributed by atoms with Crippen molar-refractivity contribution in [1.82, 2.24) is 5.32 Å². The molecule has 1 heterocycles. The first kappa shape index (κ1) is 13.7. The number of carboxylic acids is 1. The van der Waals surface area contributed by atoms with Crippen LogP contribution in [0.25, 0.3) is 0 Å². The van der Waals surface area contributed by atoms with Gasteiger partial charge < -0.3 is 14.8 Å². The van der Waals surface area contributed by atoms with E-state index in [2.05, 4.69) is 17.4 Å². The van der Waals surface area contributed by atoms with Gasteiger partial charge in [0.2, 0.25) is 0 Å². The van der Waals surface area contributed by atoms with Crippen molar-refractivity contribution in [3.8, 4) is 0 Å². The van der Waals surface area contributed by atoms with E-state index >= 15 is 0 Å². The van der Waals surface area contributed by atoms with Crippen LogP contribution in [0.5, 0.6) is 0 Å². The SMILES string of the molecule is O=C(O)c1coc(CNCCSc2ccccc2)c1. The number of nitrogens with one attached hydrogen (secondary N) is 1. The fourth-order valence-electron chi connectivity index (χ4n) is 1.55. The van der Waals surface area contributed by atoms with Crippen molar-refractivity contribution in [2.75, 3.05) is 12.3 Å². The molecule has 2 aromatic rings. The predicted molar refractivity (Wildman–Crippen MR) is 74.5 cm³/mol. The van der Waals surface area contributed by atoms with Crippen LogP contribution in [0.1, 0.15) is 16.1 Å². The van der Waals surface area contributed by atoms with Gasteiger partial charge in [-0.15, -0.1) is 11.8 Å². The third-order valence-corrected chi connectivity index (χ3v) is 3.50. The second kappa shape index (κ2) is 7.01. The van der Waals surface area contributed by atoms with Crippen LogP contribution in [0.3, 0.4) is 0 Å². The van der Waals surface area contributed by atoms with E-state index in [0.717, 1.165) is 12.3 Å². The van der Waals surface area contributed by atoms with Gasteiger partial charge in [-0.3, -0.25) is 0 Å². The molecule has 0 aliphatic rings. The highest BCUT2D eigenvalue weighted by molar-refractivity contribution is 7.99. The van der Waals surface area contributed by atoms with Gasteiger partial charge in [0.05, 0.1) is 12.1 Å². The Morgan fingerprint density at radius 1 is 1.32 bits per heavy atom. The highest BCUT2D eigenvalue weighted by Gasteiger charge is 2.07. The predicted octanol–water partition coefficient (Wildman–Crippen LogP) is 2.86. The van der Waals surface area contributed by atoms with Crippen molar-refractivity contribution >= 4 is 17.7 Å². The number of carboxylic acid groups (broad SMARTS) is 1.